The molecular formula is C15H23N2O8P. The van der Waals surface area contributed by atoms with E-state index in [0.717, 1.165) is 0 Å². The summed E-state index contributed by atoms with van der Waals surface area (Å²) in [6, 6.07) is 1.25. The van der Waals surface area contributed by atoms with Gasteiger partial charge in [0, 0.05) is 24.8 Å². The first-order valence-electron chi connectivity index (χ1n) is 8.45. The molecule has 2 unspecified atom stereocenters. The van der Waals surface area contributed by atoms with Crippen molar-refractivity contribution >= 4 is 7.60 Å². The highest BCUT2D eigenvalue weighted by Gasteiger charge is 2.55. The van der Waals surface area contributed by atoms with Gasteiger partial charge >= 0.3 is 13.3 Å². The van der Waals surface area contributed by atoms with Gasteiger partial charge < -0.3 is 23.6 Å². The molecule has 2 bridgehead atoms. The first kappa shape index (κ1) is 19.5. The smallest absolute Gasteiger partial charge is 0.331 e. The van der Waals surface area contributed by atoms with Crippen molar-refractivity contribution < 1.29 is 28.2 Å². The van der Waals surface area contributed by atoms with E-state index in [-0.39, 0.29) is 19.4 Å². The molecule has 10 nitrogen and oxygen atoms in total. The fraction of sp³-hybridized carbons (Fsp3) is 0.733. The molecule has 26 heavy (non-hydrogen) atoms. The van der Waals surface area contributed by atoms with Crippen LogP contribution in [0.25, 0.3) is 0 Å². The number of methoxy groups -OCH3 is 1. The Bertz CT molecular complexity index is 811. The highest BCUT2D eigenvalue weighted by Crippen LogP contribution is 2.55. The molecular weight excluding hydrogens is 367 g/mol. The standard InChI is InChI=1S/C15H23N2O8P/c1-4-23-26(21,24-5-2)7-8-9-6-10(18)16-15(20)17(9)14-13(22-3)11(19)12(8)25-14/h6,8,11-14,19H,4-5,7H2,1-3H3,(H,16,18,20)/t8-,11?,12-,13?,14-/m1/s1. The largest absolute Gasteiger partial charge is 0.387 e. The van der Waals surface area contributed by atoms with Gasteiger partial charge in [-0.05, 0) is 13.8 Å². The molecule has 2 aliphatic rings. The number of aliphatic hydroxyl groups is 1. The molecule has 2 N–H and O–H groups in total. The first-order valence-corrected chi connectivity index (χ1v) is 10.2. The minimum absolute atomic E-state index is 0.136. The van der Waals surface area contributed by atoms with E-state index in [1.54, 1.807) is 13.8 Å². The Hall–Kier alpha value is -1.29. The predicted molar refractivity (Wildman–Crippen MR) is 90.5 cm³/mol. The molecule has 5 atom stereocenters. The number of hydrogen-bond donors (Lipinski definition) is 2. The summed E-state index contributed by atoms with van der Waals surface area (Å²) in [5.74, 6) is -0.736. The molecule has 0 aromatic carbocycles. The average molecular weight is 390 g/mol. The number of aliphatic hydroxyl groups excluding tert-OH is 1. The molecule has 3 heterocycles. The average Bonchev–Trinajstić information content (AvgIpc) is 2.84. The second kappa shape index (κ2) is 7.38. The number of aromatic amines is 1. The van der Waals surface area contributed by atoms with E-state index < -0.39 is 49.3 Å². The zero-order chi connectivity index (χ0) is 19.1. The van der Waals surface area contributed by atoms with Crippen LogP contribution in [0.3, 0.4) is 0 Å². The summed E-state index contributed by atoms with van der Waals surface area (Å²) in [5, 5.41) is 10.6. The van der Waals surface area contributed by atoms with Gasteiger partial charge in [0.25, 0.3) is 5.56 Å². The van der Waals surface area contributed by atoms with Crippen LogP contribution in [-0.2, 0) is 23.1 Å². The number of rotatable bonds is 7. The Balaban J connectivity index is 2.10. The molecule has 0 radical (unpaired) electrons. The van der Waals surface area contributed by atoms with E-state index in [0.29, 0.717) is 5.69 Å². The van der Waals surface area contributed by atoms with Crippen LogP contribution in [0.5, 0.6) is 0 Å². The van der Waals surface area contributed by atoms with Crippen molar-refractivity contribution in [3.8, 4) is 0 Å². The molecule has 0 amide bonds. The lowest BCUT2D eigenvalue weighted by molar-refractivity contribution is -0.0752. The number of fused-ring (bicyclic) bond motifs is 4. The minimum Gasteiger partial charge on any atom is -0.387 e. The van der Waals surface area contributed by atoms with E-state index in [1.807, 2.05) is 0 Å². The van der Waals surface area contributed by atoms with Gasteiger partial charge in [-0.25, -0.2) is 4.79 Å². The van der Waals surface area contributed by atoms with Crippen molar-refractivity contribution in [2.45, 2.75) is 44.3 Å². The lowest BCUT2D eigenvalue weighted by atomic mass is 9.96. The third-order valence-corrected chi connectivity index (χ3v) is 6.78. The fourth-order valence-electron chi connectivity index (χ4n) is 3.68. The number of H-pyrrole nitrogens is 1. The molecule has 1 aromatic heterocycles. The summed E-state index contributed by atoms with van der Waals surface area (Å²) < 4.78 is 36.0. The monoisotopic (exact) mass is 390 g/mol. The summed E-state index contributed by atoms with van der Waals surface area (Å²) >= 11 is 0. The maximum absolute atomic E-state index is 13.0. The Kier molecular flexibility index (Phi) is 5.53. The zero-order valence-electron chi connectivity index (χ0n) is 14.8. The Labute approximate surface area is 149 Å². The number of nitrogens with one attached hydrogen (secondary N) is 1. The third-order valence-electron chi connectivity index (χ3n) is 4.63. The van der Waals surface area contributed by atoms with Crippen LogP contribution in [0.1, 0.15) is 31.7 Å². The quantitative estimate of drug-likeness (QED) is 0.631. The summed E-state index contributed by atoms with van der Waals surface area (Å²) in [5.41, 5.74) is -0.948. The van der Waals surface area contributed by atoms with Crippen LogP contribution in [0.4, 0.5) is 0 Å². The van der Waals surface area contributed by atoms with E-state index >= 15 is 0 Å². The SMILES string of the molecule is CCOP(=O)(C[C@@H]1c2cc(=O)[nH]c(=O)n2[C@@H]2O[C@H]1C(O)C2OC)OCC. The molecule has 1 fully saturated rings. The van der Waals surface area contributed by atoms with Crippen molar-refractivity contribution in [2.24, 2.45) is 0 Å². The number of hydrogen-bond acceptors (Lipinski definition) is 8. The summed E-state index contributed by atoms with van der Waals surface area (Å²) in [6.45, 7) is 3.72. The zero-order valence-corrected chi connectivity index (χ0v) is 15.7. The van der Waals surface area contributed by atoms with E-state index in [9.17, 15) is 19.3 Å². The summed E-state index contributed by atoms with van der Waals surface area (Å²) in [4.78, 5) is 26.4. The van der Waals surface area contributed by atoms with E-state index in [4.69, 9.17) is 18.5 Å². The van der Waals surface area contributed by atoms with E-state index in [1.165, 1.54) is 17.7 Å². The van der Waals surface area contributed by atoms with Crippen LogP contribution in [-0.4, -0.2) is 59.5 Å². The van der Waals surface area contributed by atoms with Gasteiger partial charge in [0.2, 0.25) is 0 Å². The predicted octanol–water partition coefficient (Wildman–Crippen LogP) is 0.173. The molecule has 0 saturated carbocycles. The Morgan fingerprint density at radius 1 is 1.31 bits per heavy atom. The third kappa shape index (κ3) is 3.21. The lowest BCUT2D eigenvalue weighted by Crippen LogP contribution is -2.43. The Morgan fingerprint density at radius 2 is 1.96 bits per heavy atom. The van der Waals surface area contributed by atoms with Crippen LogP contribution >= 0.6 is 7.60 Å². The normalized spacial score (nSPS) is 30.4. The van der Waals surface area contributed by atoms with Gasteiger partial charge in [0.15, 0.2) is 6.23 Å². The Morgan fingerprint density at radius 3 is 2.54 bits per heavy atom. The molecule has 0 spiro atoms. The van der Waals surface area contributed by atoms with Gasteiger partial charge in [-0.1, -0.05) is 0 Å². The first-order chi connectivity index (χ1) is 12.3. The van der Waals surface area contributed by atoms with Crippen molar-refractivity contribution in [2.75, 3.05) is 26.5 Å². The number of ether oxygens (including phenoxy) is 2. The van der Waals surface area contributed by atoms with Crippen LogP contribution in [0, 0.1) is 0 Å². The van der Waals surface area contributed by atoms with Crippen LogP contribution in [0.2, 0.25) is 0 Å². The molecule has 146 valence electrons. The van der Waals surface area contributed by atoms with Crippen molar-refractivity contribution in [1.82, 2.24) is 9.55 Å². The van der Waals surface area contributed by atoms with Crippen molar-refractivity contribution in [3.63, 3.8) is 0 Å². The van der Waals surface area contributed by atoms with Gasteiger partial charge in [-0.15, -0.1) is 0 Å². The van der Waals surface area contributed by atoms with Crippen molar-refractivity contribution in [1.29, 1.82) is 0 Å². The van der Waals surface area contributed by atoms with Gasteiger partial charge in [0.1, 0.15) is 12.2 Å². The maximum Gasteiger partial charge on any atom is 0.331 e. The second-order valence-corrected chi connectivity index (χ2v) is 8.25. The fourth-order valence-corrected chi connectivity index (χ4v) is 5.63. The molecule has 2 aliphatic heterocycles. The molecule has 0 aliphatic carbocycles. The second-order valence-electron chi connectivity index (χ2n) is 6.15. The lowest BCUT2D eigenvalue weighted by Gasteiger charge is -2.34. The number of aromatic nitrogens is 2. The highest BCUT2D eigenvalue weighted by atomic mass is 31.2. The summed E-state index contributed by atoms with van der Waals surface area (Å²) in [7, 11) is -2.12. The topological polar surface area (TPSA) is 129 Å². The van der Waals surface area contributed by atoms with Crippen LogP contribution in [0.15, 0.2) is 15.7 Å². The van der Waals surface area contributed by atoms with Crippen LogP contribution < -0.4 is 11.2 Å². The van der Waals surface area contributed by atoms with Gasteiger partial charge in [0.05, 0.1) is 25.5 Å². The van der Waals surface area contributed by atoms with Gasteiger partial charge in [-0.2, -0.15) is 0 Å². The molecule has 11 heteroatoms. The summed E-state index contributed by atoms with van der Waals surface area (Å²) in [6.07, 6.45) is -3.69. The van der Waals surface area contributed by atoms with E-state index in [2.05, 4.69) is 4.98 Å². The highest BCUT2D eigenvalue weighted by molar-refractivity contribution is 7.53. The number of nitrogens with zero attached hydrogens (tertiary/aromatic N) is 1. The van der Waals surface area contributed by atoms with Crippen molar-refractivity contribution in [3.05, 3.63) is 32.6 Å². The molecule has 1 saturated heterocycles. The minimum atomic E-state index is -3.52. The molecule has 1 aromatic rings. The van der Waals surface area contributed by atoms with Gasteiger partial charge in [-0.3, -0.25) is 18.9 Å². The maximum atomic E-state index is 13.0. The molecule has 3 rings (SSSR count).